The van der Waals surface area contributed by atoms with Crippen molar-refractivity contribution in [1.82, 2.24) is 14.3 Å². The normalized spacial score (nSPS) is 22.3. The van der Waals surface area contributed by atoms with Crippen molar-refractivity contribution < 1.29 is 13.2 Å². The van der Waals surface area contributed by atoms with Gasteiger partial charge in [-0.1, -0.05) is 24.3 Å². The molecule has 0 aromatic carbocycles. The number of nitrogens with one attached hydrogen (secondary N) is 1. The van der Waals surface area contributed by atoms with Crippen LogP contribution < -0.4 is 0 Å². The molecule has 0 saturated heterocycles. The van der Waals surface area contributed by atoms with Crippen molar-refractivity contribution in [2.75, 3.05) is 6.26 Å². The molecule has 0 radical (unpaired) electrons. The monoisotopic (exact) mass is 419 g/mol. The van der Waals surface area contributed by atoms with Crippen LogP contribution in [0.4, 0.5) is 0 Å². The molecule has 6 nitrogen and oxygen atoms in total. The zero-order valence-corrected chi connectivity index (χ0v) is 15.6. The highest BCUT2D eigenvalue weighted by molar-refractivity contribution is 9.10. The van der Waals surface area contributed by atoms with Crippen molar-refractivity contribution in [3.05, 3.63) is 64.6 Å². The number of Topliss-reactive ketones (excluding diaryl/α,β-unsaturated/α-hetero) is 1. The van der Waals surface area contributed by atoms with Crippen LogP contribution in [0.3, 0.4) is 0 Å². The summed E-state index contributed by atoms with van der Waals surface area (Å²) in [5.41, 5.74) is 1.55. The van der Waals surface area contributed by atoms with Crippen LogP contribution in [0.2, 0.25) is 0 Å². The van der Waals surface area contributed by atoms with Gasteiger partial charge in [0.2, 0.25) is 10.0 Å². The van der Waals surface area contributed by atoms with Gasteiger partial charge in [-0.15, -0.1) is 0 Å². The molecule has 2 aliphatic rings. The fraction of sp³-hybridized carbons (Fsp3) is 0.176. The Morgan fingerprint density at radius 1 is 1.32 bits per heavy atom. The molecule has 2 unspecified atom stereocenters. The molecule has 2 aromatic heterocycles. The van der Waals surface area contributed by atoms with Crippen molar-refractivity contribution >= 4 is 42.8 Å². The minimum Gasteiger partial charge on any atom is -0.345 e. The molecule has 0 saturated carbocycles. The molecule has 25 heavy (non-hydrogen) atoms. The minimum absolute atomic E-state index is 0.202. The van der Waals surface area contributed by atoms with E-state index in [0.29, 0.717) is 22.2 Å². The Balaban J connectivity index is 1.82. The lowest BCUT2D eigenvalue weighted by atomic mass is 9.87. The first-order chi connectivity index (χ1) is 11.9. The fourth-order valence-corrected chi connectivity index (χ4v) is 4.56. The summed E-state index contributed by atoms with van der Waals surface area (Å²) in [4.78, 5) is 20.4. The zero-order chi connectivity index (χ0) is 17.8. The first kappa shape index (κ1) is 16.3. The highest BCUT2D eigenvalue weighted by atomic mass is 79.9. The van der Waals surface area contributed by atoms with Gasteiger partial charge in [0.05, 0.1) is 12.3 Å². The molecular weight excluding hydrogens is 406 g/mol. The highest BCUT2D eigenvalue weighted by Crippen LogP contribution is 2.37. The number of sulfonamides is 1. The molecule has 0 bridgehead atoms. The van der Waals surface area contributed by atoms with Crippen LogP contribution in [0.25, 0.3) is 11.0 Å². The summed E-state index contributed by atoms with van der Waals surface area (Å²) in [6.45, 7) is 0. The Bertz CT molecular complexity index is 1080. The Morgan fingerprint density at radius 3 is 2.84 bits per heavy atom. The third-order valence-corrected chi connectivity index (χ3v) is 5.96. The second-order valence-electron chi connectivity index (χ2n) is 6.04. The number of halogens is 1. The quantitative estimate of drug-likeness (QED) is 0.775. The molecule has 1 N–H and O–H groups in total. The van der Waals surface area contributed by atoms with Gasteiger partial charge in [-0.3, -0.25) is 9.10 Å². The van der Waals surface area contributed by atoms with Gasteiger partial charge in [-0.25, -0.2) is 13.4 Å². The van der Waals surface area contributed by atoms with E-state index in [0.717, 1.165) is 10.7 Å². The van der Waals surface area contributed by atoms with Crippen molar-refractivity contribution in [2.24, 2.45) is 5.92 Å². The summed E-state index contributed by atoms with van der Waals surface area (Å²) in [6.07, 6.45) is 13.2. The number of nitrogens with zero attached hydrogens (tertiary/aromatic N) is 2. The summed E-state index contributed by atoms with van der Waals surface area (Å²) in [5, 5.41) is 0.699. The van der Waals surface area contributed by atoms with Gasteiger partial charge in [0, 0.05) is 45.5 Å². The van der Waals surface area contributed by atoms with E-state index in [1.807, 2.05) is 18.2 Å². The largest absolute Gasteiger partial charge is 0.345 e. The van der Waals surface area contributed by atoms with Gasteiger partial charge < -0.3 is 4.98 Å². The SMILES string of the molecule is CS(=O)(=O)N1C=C(C(=O)c2c[nH]c3ncc(Br)cc23)C2C=CC=CC21. The van der Waals surface area contributed by atoms with Crippen LogP contribution >= 0.6 is 15.9 Å². The number of allylic oxidation sites excluding steroid dienone is 2. The smallest absolute Gasteiger partial charge is 0.232 e. The first-order valence-electron chi connectivity index (χ1n) is 7.59. The van der Waals surface area contributed by atoms with Gasteiger partial charge in [-0.2, -0.15) is 0 Å². The number of hydrogen-bond donors (Lipinski definition) is 1. The molecule has 1 aliphatic carbocycles. The lowest BCUT2D eigenvalue weighted by Gasteiger charge is -2.25. The predicted octanol–water partition coefficient (Wildman–Crippen LogP) is 2.78. The average molecular weight is 420 g/mol. The molecule has 0 fully saturated rings. The van der Waals surface area contributed by atoms with E-state index in [2.05, 4.69) is 25.9 Å². The third kappa shape index (κ3) is 2.65. The first-order valence-corrected chi connectivity index (χ1v) is 10.2. The highest BCUT2D eigenvalue weighted by Gasteiger charge is 2.40. The molecule has 0 amide bonds. The molecule has 2 aromatic rings. The number of pyridine rings is 1. The number of aromatic amines is 1. The van der Waals surface area contributed by atoms with E-state index in [4.69, 9.17) is 0 Å². The standard InChI is InChI=1S/C17H14BrN3O3S/c1-25(23,24)21-9-14(11-4-2-3-5-15(11)21)16(22)13-8-20-17-12(13)6-10(18)7-19-17/h2-9,11,15H,1H3,(H,19,20). The third-order valence-electron chi connectivity index (χ3n) is 4.41. The van der Waals surface area contributed by atoms with Crippen LogP contribution in [-0.2, 0) is 10.0 Å². The maximum Gasteiger partial charge on any atom is 0.232 e. The Hall–Kier alpha value is -2.19. The molecule has 0 spiro atoms. The lowest BCUT2D eigenvalue weighted by Crippen LogP contribution is -2.35. The number of aromatic nitrogens is 2. The van der Waals surface area contributed by atoms with Crippen molar-refractivity contribution in [2.45, 2.75) is 6.04 Å². The molecule has 2 atom stereocenters. The second kappa shape index (κ2) is 5.67. The molecular formula is C17H14BrN3O3S. The predicted molar refractivity (Wildman–Crippen MR) is 98.4 cm³/mol. The molecule has 8 heteroatoms. The Labute approximate surface area is 153 Å². The van der Waals surface area contributed by atoms with Crippen LogP contribution in [-0.4, -0.2) is 40.8 Å². The number of carbonyl (C=O) groups excluding carboxylic acids is 1. The van der Waals surface area contributed by atoms with E-state index in [1.165, 1.54) is 10.5 Å². The number of rotatable bonds is 3. The van der Waals surface area contributed by atoms with E-state index >= 15 is 0 Å². The van der Waals surface area contributed by atoms with Crippen molar-refractivity contribution in [3.8, 4) is 0 Å². The maximum absolute atomic E-state index is 13.1. The van der Waals surface area contributed by atoms with E-state index in [9.17, 15) is 13.2 Å². The Morgan fingerprint density at radius 2 is 2.08 bits per heavy atom. The van der Waals surface area contributed by atoms with Gasteiger partial charge in [0.1, 0.15) is 5.65 Å². The average Bonchev–Trinajstić information content (AvgIpc) is 3.15. The van der Waals surface area contributed by atoms with Crippen LogP contribution in [0.1, 0.15) is 10.4 Å². The fourth-order valence-electron chi connectivity index (χ4n) is 3.28. The van der Waals surface area contributed by atoms with Crippen LogP contribution in [0, 0.1) is 5.92 Å². The van der Waals surface area contributed by atoms with Gasteiger partial charge >= 0.3 is 0 Å². The molecule has 1 aliphatic heterocycles. The summed E-state index contributed by atoms with van der Waals surface area (Å²) in [6, 6.07) is 1.43. The number of ketones is 1. The summed E-state index contributed by atoms with van der Waals surface area (Å²) in [7, 11) is -3.47. The summed E-state index contributed by atoms with van der Waals surface area (Å²) >= 11 is 3.36. The number of fused-ring (bicyclic) bond motifs is 2. The molecule has 128 valence electrons. The van der Waals surface area contributed by atoms with Crippen LogP contribution in [0.15, 0.2) is 59.0 Å². The molecule has 3 heterocycles. The number of carbonyl (C=O) groups is 1. The van der Waals surface area contributed by atoms with Crippen molar-refractivity contribution in [3.63, 3.8) is 0 Å². The Kier molecular flexibility index (Phi) is 3.69. The second-order valence-corrected chi connectivity index (χ2v) is 8.85. The maximum atomic E-state index is 13.1. The van der Waals surface area contributed by atoms with Gasteiger partial charge in [-0.05, 0) is 22.0 Å². The van der Waals surface area contributed by atoms with E-state index < -0.39 is 16.1 Å². The van der Waals surface area contributed by atoms with Crippen molar-refractivity contribution in [1.29, 1.82) is 0 Å². The summed E-state index contributed by atoms with van der Waals surface area (Å²) < 4.78 is 26.2. The van der Waals surface area contributed by atoms with E-state index in [-0.39, 0.29) is 11.7 Å². The zero-order valence-electron chi connectivity index (χ0n) is 13.2. The topological polar surface area (TPSA) is 83.1 Å². The number of hydrogen-bond acceptors (Lipinski definition) is 4. The van der Waals surface area contributed by atoms with Gasteiger partial charge in [0.25, 0.3) is 0 Å². The molecule has 4 rings (SSSR count). The summed E-state index contributed by atoms with van der Waals surface area (Å²) in [5.74, 6) is -0.496. The minimum atomic E-state index is -3.47. The van der Waals surface area contributed by atoms with E-state index in [1.54, 1.807) is 24.5 Å². The van der Waals surface area contributed by atoms with Gasteiger partial charge in [0.15, 0.2) is 5.78 Å². The van der Waals surface area contributed by atoms with Crippen LogP contribution in [0.5, 0.6) is 0 Å². The number of H-pyrrole nitrogens is 1. The lowest BCUT2D eigenvalue weighted by molar-refractivity contribution is 0.102.